The summed E-state index contributed by atoms with van der Waals surface area (Å²) in [6.45, 7) is 0. The minimum Gasteiger partial charge on any atom is -0.229 e. The Bertz CT molecular complexity index is 482. The van der Waals surface area contributed by atoms with Gasteiger partial charge in [-0.25, -0.2) is 9.97 Å². The highest BCUT2D eigenvalue weighted by Gasteiger charge is 2.18. The van der Waals surface area contributed by atoms with Gasteiger partial charge in [0, 0.05) is 11.3 Å². The maximum atomic E-state index is 4.39. The molecule has 1 aromatic heterocycles. The Morgan fingerprint density at radius 3 is 2.69 bits per heavy atom. The SMILES string of the molecule is [c]1nc(C2CCCCC2)c2ccccc2n1. The molecule has 81 valence electrons. The summed E-state index contributed by atoms with van der Waals surface area (Å²) in [5, 5.41) is 1.22. The average Bonchev–Trinajstić information content (AvgIpc) is 2.39. The van der Waals surface area contributed by atoms with Crippen LogP contribution in [0.15, 0.2) is 24.3 Å². The molecule has 0 amide bonds. The average molecular weight is 211 g/mol. The number of hydrogen-bond donors (Lipinski definition) is 0. The molecule has 0 unspecified atom stereocenters. The van der Waals surface area contributed by atoms with Gasteiger partial charge in [-0.15, -0.1) is 0 Å². The number of aromatic nitrogens is 2. The highest BCUT2D eigenvalue weighted by atomic mass is 14.8. The van der Waals surface area contributed by atoms with E-state index in [2.05, 4.69) is 28.4 Å². The van der Waals surface area contributed by atoms with Gasteiger partial charge in [0.15, 0.2) is 6.33 Å². The molecule has 0 atom stereocenters. The van der Waals surface area contributed by atoms with Crippen LogP contribution in [-0.2, 0) is 0 Å². The van der Waals surface area contributed by atoms with Crippen LogP contribution in [0.1, 0.15) is 43.7 Å². The van der Waals surface area contributed by atoms with E-state index in [-0.39, 0.29) is 0 Å². The lowest BCUT2D eigenvalue weighted by Gasteiger charge is -2.21. The van der Waals surface area contributed by atoms with Crippen molar-refractivity contribution in [1.29, 1.82) is 0 Å². The summed E-state index contributed by atoms with van der Waals surface area (Å²) in [5.74, 6) is 0.623. The molecule has 0 bridgehead atoms. The van der Waals surface area contributed by atoms with E-state index in [4.69, 9.17) is 0 Å². The van der Waals surface area contributed by atoms with Gasteiger partial charge in [-0.1, -0.05) is 37.5 Å². The first kappa shape index (κ1) is 9.76. The fourth-order valence-electron chi connectivity index (χ4n) is 2.67. The molecule has 1 fully saturated rings. The van der Waals surface area contributed by atoms with Crippen molar-refractivity contribution < 1.29 is 0 Å². The van der Waals surface area contributed by atoms with Gasteiger partial charge in [-0.2, -0.15) is 0 Å². The zero-order chi connectivity index (χ0) is 10.8. The Hall–Kier alpha value is -1.44. The van der Waals surface area contributed by atoms with Gasteiger partial charge in [-0.05, 0) is 18.9 Å². The van der Waals surface area contributed by atoms with E-state index in [0.717, 1.165) is 5.52 Å². The lowest BCUT2D eigenvalue weighted by molar-refractivity contribution is 0.438. The van der Waals surface area contributed by atoms with Crippen LogP contribution >= 0.6 is 0 Å². The van der Waals surface area contributed by atoms with E-state index in [1.54, 1.807) is 0 Å². The largest absolute Gasteiger partial charge is 0.229 e. The molecule has 0 saturated heterocycles. The molecule has 16 heavy (non-hydrogen) atoms. The summed E-state index contributed by atoms with van der Waals surface area (Å²) in [6.07, 6.45) is 9.40. The van der Waals surface area contributed by atoms with Crippen LogP contribution in [0, 0.1) is 6.33 Å². The van der Waals surface area contributed by atoms with E-state index in [1.165, 1.54) is 43.2 Å². The van der Waals surface area contributed by atoms with Gasteiger partial charge in [-0.3, -0.25) is 0 Å². The van der Waals surface area contributed by atoms with Gasteiger partial charge in [0.1, 0.15) is 0 Å². The quantitative estimate of drug-likeness (QED) is 0.721. The third-order valence-corrected chi connectivity index (χ3v) is 3.51. The number of nitrogens with zero attached hydrogens (tertiary/aromatic N) is 2. The molecular formula is C14H15N2. The van der Waals surface area contributed by atoms with Gasteiger partial charge < -0.3 is 0 Å². The van der Waals surface area contributed by atoms with Gasteiger partial charge in [0.2, 0.25) is 0 Å². The van der Waals surface area contributed by atoms with Crippen molar-refractivity contribution in [3.8, 4) is 0 Å². The van der Waals surface area contributed by atoms with Gasteiger partial charge >= 0.3 is 0 Å². The Morgan fingerprint density at radius 1 is 1.00 bits per heavy atom. The summed E-state index contributed by atoms with van der Waals surface area (Å²) < 4.78 is 0. The number of benzene rings is 1. The van der Waals surface area contributed by atoms with Crippen molar-refractivity contribution in [2.24, 2.45) is 0 Å². The maximum absolute atomic E-state index is 4.39. The van der Waals surface area contributed by atoms with E-state index >= 15 is 0 Å². The highest BCUT2D eigenvalue weighted by molar-refractivity contribution is 5.80. The third kappa shape index (κ3) is 1.69. The topological polar surface area (TPSA) is 25.8 Å². The number of fused-ring (bicyclic) bond motifs is 1. The third-order valence-electron chi connectivity index (χ3n) is 3.51. The van der Waals surface area contributed by atoms with E-state index in [9.17, 15) is 0 Å². The van der Waals surface area contributed by atoms with Crippen molar-refractivity contribution in [3.05, 3.63) is 36.3 Å². The number of rotatable bonds is 1. The first-order valence-electron chi connectivity index (χ1n) is 6.08. The molecule has 1 aromatic carbocycles. The molecule has 1 heterocycles. The van der Waals surface area contributed by atoms with Crippen molar-refractivity contribution >= 4 is 10.9 Å². The molecule has 1 aliphatic carbocycles. The first-order valence-corrected chi connectivity index (χ1v) is 6.08. The fourth-order valence-corrected chi connectivity index (χ4v) is 2.67. The smallest absolute Gasteiger partial charge is 0.198 e. The highest BCUT2D eigenvalue weighted by Crippen LogP contribution is 2.34. The second-order valence-electron chi connectivity index (χ2n) is 4.56. The Kier molecular flexibility index (Phi) is 2.56. The van der Waals surface area contributed by atoms with Crippen molar-refractivity contribution in [2.45, 2.75) is 38.0 Å². The zero-order valence-electron chi connectivity index (χ0n) is 9.32. The second kappa shape index (κ2) is 4.20. The molecule has 0 N–H and O–H groups in total. The fraction of sp³-hybridized carbons (Fsp3) is 0.429. The Labute approximate surface area is 95.7 Å². The Balaban J connectivity index is 2.08. The second-order valence-corrected chi connectivity index (χ2v) is 4.56. The van der Waals surface area contributed by atoms with Gasteiger partial charge in [0.05, 0.1) is 11.2 Å². The Morgan fingerprint density at radius 2 is 1.81 bits per heavy atom. The standard InChI is InChI=1S/C14H15N2/c1-2-6-11(7-3-1)14-12-8-4-5-9-13(12)15-10-16-14/h4-5,8-9,11H,1-3,6-7H2. The lowest BCUT2D eigenvalue weighted by atomic mass is 9.85. The van der Waals surface area contributed by atoms with E-state index < -0.39 is 0 Å². The van der Waals surface area contributed by atoms with Crippen LogP contribution < -0.4 is 0 Å². The van der Waals surface area contributed by atoms with Gasteiger partial charge in [0.25, 0.3) is 0 Å². The molecule has 1 saturated carbocycles. The number of para-hydroxylation sites is 1. The van der Waals surface area contributed by atoms with Crippen LogP contribution in [0.4, 0.5) is 0 Å². The minimum atomic E-state index is 0.623. The van der Waals surface area contributed by atoms with E-state index in [0.29, 0.717) is 5.92 Å². The van der Waals surface area contributed by atoms with Crippen molar-refractivity contribution in [1.82, 2.24) is 9.97 Å². The van der Waals surface area contributed by atoms with Crippen LogP contribution in [-0.4, -0.2) is 9.97 Å². The van der Waals surface area contributed by atoms with Crippen LogP contribution in [0.5, 0.6) is 0 Å². The normalized spacial score (nSPS) is 17.8. The summed E-state index contributed by atoms with van der Waals surface area (Å²) in [7, 11) is 0. The predicted octanol–water partition coefficient (Wildman–Crippen LogP) is 3.48. The summed E-state index contributed by atoms with van der Waals surface area (Å²) >= 11 is 0. The van der Waals surface area contributed by atoms with Crippen LogP contribution in [0.25, 0.3) is 10.9 Å². The summed E-state index contributed by atoms with van der Waals surface area (Å²) in [4.78, 5) is 8.60. The zero-order valence-corrected chi connectivity index (χ0v) is 9.32. The minimum absolute atomic E-state index is 0.623. The molecule has 2 aromatic rings. The van der Waals surface area contributed by atoms with E-state index in [1.807, 2.05) is 12.1 Å². The molecular weight excluding hydrogens is 196 g/mol. The van der Waals surface area contributed by atoms with Crippen molar-refractivity contribution in [3.63, 3.8) is 0 Å². The maximum Gasteiger partial charge on any atom is 0.198 e. The summed E-state index contributed by atoms with van der Waals surface area (Å²) in [6, 6.07) is 8.26. The molecule has 1 aliphatic rings. The van der Waals surface area contributed by atoms with Crippen LogP contribution in [0.2, 0.25) is 0 Å². The first-order chi connectivity index (χ1) is 7.95. The molecule has 1 radical (unpaired) electrons. The van der Waals surface area contributed by atoms with Crippen LogP contribution in [0.3, 0.4) is 0 Å². The molecule has 2 nitrogen and oxygen atoms in total. The molecule has 2 heteroatoms. The monoisotopic (exact) mass is 211 g/mol. The van der Waals surface area contributed by atoms with Crippen molar-refractivity contribution in [2.75, 3.05) is 0 Å². The molecule has 0 aliphatic heterocycles. The lowest BCUT2D eigenvalue weighted by Crippen LogP contribution is -2.07. The number of hydrogen-bond acceptors (Lipinski definition) is 2. The molecule has 0 spiro atoms. The summed E-state index contributed by atoms with van der Waals surface area (Å²) in [5.41, 5.74) is 2.24. The predicted molar refractivity (Wildman–Crippen MR) is 64.2 cm³/mol. The molecule has 3 rings (SSSR count).